The van der Waals surface area contributed by atoms with Crippen LogP contribution in [0.5, 0.6) is 11.5 Å². The quantitative estimate of drug-likeness (QED) is 0.745. The van der Waals surface area contributed by atoms with Gasteiger partial charge in [0.1, 0.15) is 18.1 Å². The highest BCUT2D eigenvalue weighted by atomic mass is 16.5. The van der Waals surface area contributed by atoms with Gasteiger partial charge < -0.3 is 14.2 Å². The summed E-state index contributed by atoms with van der Waals surface area (Å²) in [6, 6.07) is 15.8. The third kappa shape index (κ3) is 3.54. The van der Waals surface area contributed by atoms with Crippen molar-refractivity contribution in [3.05, 3.63) is 65.9 Å². The van der Waals surface area contributed by atoms with Crippen LogP contribution in [0.4, 0.5) is 0 Å². The molecule has 0 atom stereocenters. The van der Waals surface area contributed by atoms with Crippen molar-refractivity contribution >= 4 is 6.08 Å². The van der Waals surface area contributed by atoms with E-state index < -0.39 is 0 Å². The van der Waals surface area contributed by atoms with Gasteiger partial charge in [0.05, 0.1) is 26.0 Å². The highest BCUT2D eigenvalue weighted by Gasteiger charge is 2.07. The molecule has 20 heavy (non-hydrogen) atoms. The van der Waals surface area contributed by atoms with E-state index in [1.807, 2.05) is 54.6 Å². The predicted octanol–water partition coefficient (Wildman–Crippen LogP) is 3.89. The third-order valence-corrected chi connectivity index (χ3v) is 2.85. The second-order valence-electron chi connectivity index (χ2n) is 4.18. The van der Waals surface area contributed by atoms with Crippen molar-refractivity contribution in [2.24, 2.45) is 0 Å². The van der Waals surface area contributed by atoms with Crippen LogP contribution >= 0.6 is 0 Å². The molecular formula is C17H18O3. The lowest BCUT2D eigenvalue weighted by Gasteiger charge is -2.12. The lowest BCUT2D eigenvalue weighted by Crippen LogP contribution is -1.98. The van der Waals surface area contributed by atoms with E-state index in [9.17, 15) is 0 Å². The first-order valence-electron chi connectivity index (χ1n) is 6.38. The molecule has 0 bridgehead atoms. The number of ether oxygens (including phenoxy) is 3. The van der Waals surface area contributed by atoms with Gasteiger partial charge in [-0.2, -0.15) is 0 Å². The molecular weight excluding hydrogens is 252 g/mol. The molecule has 2 rings (SSSR count). The monoisotopic (exact) mass is 270 g/mol. The molecule has 2 aromatic rings. The van der Waals surface area contributed by atoms with Crippen molar-refractivity contribution in [2.75, 3.05) is 14.2 Å². The van der Waals surface area contributed by atoms with E-state index in [1.54, 1.807) is 20.5 Å². The van der Waals surface area contributed by atoms with Crippen LogP contribution in [0.1, 0.15) is 11.1 Å². The van der Waals surface area contributed by atoms with Crippen molar-refractivity contribution in [1.82, 2.24) is 0 Å². The molecule has 0 aliphatic carbocycles. The number of hydrogen-bond acceptors (Lipinski definition) is 3. The summed E-state index contributed by atoms with van der Waals surface area (Å²) in [6.45, 7) is 0.516. The zero-order valence-corrected chi connectivity index (χ0v) is 11.7. The second-order valence-corrected chi connectivity index (χ2v) is 4.18. The zero-order chi connectivity index (χ0) is 14.2. The summed E-state index contributed by atoms with van der Waals surface area (Å²) in [7, 11) is 3.25. The van der Waals surface area contributed by atoms with Gasteiger partial charge in [-0.05, 0) is 23.8 Å². The molecule has 0 fully saturated rings. The Kier molecular flexibility index (Phi) is 5.07. The first kappa shape index (κ1) is 14.0. The minimum absolute atomic E-state index is 0.516. The van der Waals surface area contributed by atoms with E-state index in [4.69, 9.17) is 14.2 Å². The molecule has 104 valence electrons. The van der Waals surface area contributed by atoms with Gasteiger partial charge in [-0.15, -0.1) is 0 Å². The molecule has 2 aromatic carbocycles. The molecule has 0 N–H and O–H groups in total. The normalized spacial score (nSPS) is 10.5. The van der Waals surface area contributed by atoms with Gasteiger partial charge in [0.2, 0.25) is 0 Å². The molecule has 0 aliphatic rings. The summed E-state index contributed by atoms with van der Waals surface area (Å²) in [5.74, 6) is 1.52. The van der Waals surface area contributed by atoms with E-state index in [0.29, 0.717) is 6.61 Å². The van der Waals surface area contributed by atoms with Crippen molar-refractivity contribution < 1.29 is 14.2 Å². The molecule has 0 aromatic heterocycles. The molecule has 0 radical (unpaired) electrons. The summed E-state index contributed by atoms with van der Waals surface area (Å²) in [6.07, 6.45) is 3.44. The Balaban J connectivity index is 2.20. The third-order valence-electron chi connectivity index (χ3n) is 2.85. The van der Waals surface area contributed by atoms with Crippen molar-refractivity contribution in [2.45, 2.75) is 6.61 Å². The first-order chi connectivity index (χ1) is 9.85. The van der Waals surface area contributed by atoms with Crippen LogP contribution in [0.15, 0.2) is 54.8 Å². The average molecular weight is 270 g/mol. The number of methoxy groups -OCH3 is 2. The van der Waals surface area contributed by atoms with Gasteiger partial charge in [-0.1, -0.05) is 36.4 Å². The number of benzene rings is 2. The first-order valence-corrected chi connectivity index (χ1v) is 6.38. The van der Waals surface area contributed by atoms with Crippen LogP contribution < -0.4 is 9.47 Å². The Bertz CT molecular complexity index is 562. The fraction of sp³-hybridized carbons (Fsp3) is 0.176. The maximum absolute atomic E-state index is 5.88. The summed E-state index contributed by atoms with van der Waals surface area (Å²) in [5, 5.41) is 0. The van der Waals surface area contributed by atoms with E-state index in [0.717, 1.165) is 22.6 Å². The fourth-order valence-corrected chi connectivity index (χ4v) is 1.86. The Labute approximate surface area is 119 Å². The average Bonchev–Trinajstić information content (AvgIpc) is 2.52. The molecule has 0 amide bonds. The molecule has 0 spiro atoms. The maximum Gasteiger partial charge on any atom is 0.130 e. The Morgan fingerprint density at radius 1 is 0.900 bits per heavy atom. The van der Waals surface area contributed by atoms with E-state index in [-0.39, 0.29) is 0 Å². The smallest absolute Gasteiger partial charge is 0.130 e. The standard InChI is InChI=1S/C17H18O3/c1-18-12-11-15-16(19-2)9-6-10-17(15)20-13-14-7-4-3-5-8-14/h3-12H,13H2,1-2H3. The Morgan fingerprint density at radius 2 is 1.65 bits per heavy atom. The Morgan fingerprint density at radius 3 is 2.35 bits per heavy atom. The molecule has 0 saturated heterocycles. The van der Waals surface area contributed by atoms with Crippen LogP contribution in [0.2, 0.25) is 0 Å². The van der Waals surface area contributed by atoms with Gasteiger partial charge in [0.15, 0.2) is 0 Å². The summed E-state index contributed by atoms with van der Waals surface area (Å²) in [4.78, 5) is 0. The van der Waals surface area contributed by atoms with Crippen LogP contribution in [0.25, 0.3) is 6.08 Å². The molecule has 3 heteroatoms. The van der Waals surface area contributed by atoms with Crippen molar-refractivity contribution in [3.8, 4) is 11.5 Å². The topological polar surface area (TPSA) is 27.7 Å². The lowest BCUT2D eigenvalue weighted by atomic mass is 10.1. The van der Waals surface area contributed by atoms with E-state index in [2.05, 4.69) is 0 Å². The zero-order valence-electron chi connectivity index (χ0n) is 11.7. The number of hydrogen-bond donors (Lipinski definition) is 0. The summed E-state index contributed by atoms with van der Waals surface area (Å²) in [5.41, 5.74) is 1.99. The molecule has 3 nitrogen and oxygen atoms in total. The molecule has 0 unspecified atom stereocenters. The van der Waals surface area contributed by atoms with Gasteiger partial charge in [0, 0.05) is 0 Å². The SMILES string of the molecule is COC=Cc1c(OC)cccc1OCc1ccccc1. The number of rotatable bonds is 6. The molecule has 0 saturated carbocycles. The van der Waals surface area contributed by atoms with Crippen LogP contribution in [-0.2, 0) is 11.3 Å². The van der Waals surface area contributed by atoms with Crippen molar-refractivity contribution in [1.29, 1.82) is 0 Å². The van der Waals surface area contributed by atoms with E-state index in [1.165, 1.54) is 0 Å². The minimum atomic E-state index is 0.516. The van der Waals surface area contributed by atoms with Gasteiger partial charge in [-0.3, -0.25) is 0 Å². The predicted molar refractivity (Wildman–Crippen MR) is 79.8 cm³/mol. The fourth-order valence-electron chi connectivity index (χ4n) is 1.86. The summed E-state index contributed by atoms with van der Waals surface area (Å²) < 4.78 is 16.2. The van der Waals surface area contributed by atoms with Gasteiger partial charge >= 0.3 is 0 Å². The van der Waals surface area contributed by atoms with E-state index >= 15 is 0 Å². The second kappa shape index (κ2) is 7.24. The maximum atomic E-state index is 5.88. The lowest BCUT2D eigenvalue weighted by molar-refractivity contribution is 0.302. The molecule has 0 heterocycles. The largest absolute Gasteiger partial charge is 0.504 e. The highest BCUT2D eigenvalue weighted by Crippen LogP contribution is 2.30. The minimum Gasteiger partial charge on any atom is -0.504 e. The van der Waals surface area contributed by atoms with Gasteiger partial charge in [0.25, 0.3) is 0 Å². The van der Waals surface area contributed by atoms with Gasteiger partial charge in [-0.25, -0.2) is 0 Å². The summed E-state index contributed by atoms with van der Waals surface area (Å²) >= 11 is 0. The van der Waals surface area contributed by atoms with Crippen LogP contribution in [0.3, 0.4) is 0 Å². The van der Waals surface area contributed by atoms with Crippen LogP contribution in [-0.4, -0.2) is 14.2 Å². The highest BCUT2D eigenvalue weighted by molar-refractivity contribution is 5.63. The van der Waals surface area contributed by atoms with Crippen LogP contribution in [0, 0.1) is 0 Å². The van der Waals surface area contributed by atoms with Crippen molar-refractivity contribution in [3.63, 3.8) is 0 Å². The Hall–Kier alpha value is -2.42. The molecule has 0 aliphatic heterocycles.